The highest BCUT2D eigenvalue weighted by atomic mass is 14.7. The molecule has 68 valence electrons. The standard InChI is InChI=1S/C11H19N/c1-7-10(11(3,4)5)8-9(2)12-6/h7-8H,1H2,2-6H3/b10-8+,12-9?. The smallest absolute Gasteiger partial charge is 0.0316 e. The minimum Gasteiger partial charge on any atom is -0.293 e. The Balaban J connectivity index is 4.80. The molecule has 0 saturated carbocycles. The molecule has 0 N–H and O–H groups in total. The molecule has 0 aliphatic carbocycles. The zero-order valence-corrected chi connectivity index (χ0v) is 8.81. The predicted octanol–water partition coefficient (Wildman–Crippen LogP) is 3.24. The van der Waals surface area contributed by atoms with Gasteiger partial charge in [0.05, 0.1) is 0 Å². The highest BCUT2D eigenvalue weighted by molar-refractivity contribution is 5.93. The van der Waals surface area contributed by atoms with Gasteiger partial charge in [0, 0.05) is 12.8 Å². The molecule has 0 saturated heterocycles. The molecule has 1 heteroatoms. The van der Waals surface area contributed by atoms with Crippen LogP contribution < -0.4 is 0 Å². The first-order valence-electron chi connectivity index (χ1n) is 4.20. The summed E-state index contributed by atoms with van der Waals surface area (Å²) < 4.78 is 0. The summed E-state index contributed by atoms with van der Waals surface area (Å²) in [6, 6.07) is 0. The Hall–Kier alpha value is -0.850. The molecule has 0 aromatic rings. The third kappa shape index (κ3) is 3.51. The number of nitrogens with zero attached hydrogens (tertiary/aromatic N) is 1. The average molecular weight is 165 g/mol. The summed E-state index contributed by atoms with van der Waals surface area (Å²) in [5.41, 5.74) is 2.43. The van der Waals surface area contributed by atoms with Crippen LogP contribution in [-0.4, -0.2) is 12.8 Å². The average Bonchev–Trinajstić information content (AvgIpc) is 1.97. The maximum absolute atomic E-state index is 4.08. The zero-order chi connectivity index (χ0) is 9.78. The number of aliphatic imine (C=N–C) groups is 1. The summed E-state index contributed by atoms with van der Waals surface area (Å²) in [4.78, 5) is 4.08. The molecule has 0 rings (SSSR count). The van der Waals surface area contributed by atoms with Gasteiger partial charge in [0.1, 0.15) is 0 Å². The van der Waals surface area contributed by atoms with Gasteiger partial charge in [-0.1, -0.05) is 33.4 Å². The van der Waals surface area contributed by atoms with Gasteiger partial charge in [-0.2, -0.15) is 0 Å². The van der Waals surface area contributed by atoms with Gasteiger partial charge in [-0.3, -0.25) is 4.99 Å². The quantitative estimate of drug-likeness (QED) is 0.440. The van der Waals surface area contributed by atoms with Crippen molar-refractivity contribution >= 4 is 5.71 Å². The molecule has 0 aliphatic heterocycles. The van der Waals surface area contributed by atoms with Gasteiger partial charge < -0.3 is 0 Å². The molecular weight excluding hydrogens is 146 g/mol. The maximum Gasteiger partial charge on any atom is 0.0316 e. The molecule has 0 aliphatic rings. The Bertz CT molecular complexity index is 214. The number of hydrogen-bond donors (Lipinski definition) is 0. The molecule has 1 nitrogen and oxygen atoms in total. The first kappa shape index (κ1) is 11.2. The van der Waals surface area contributed by atoms with Crippen LogP contribution >= 0.6 is 0 Å². The first-order valence-corrected chi connectivity index (χ1v) is 4.20. The molecule has 0 heterocycles. The summed E-state index contributed by atoms with van der Waals surface area (Å²) in [6.07, 6.45) is 3.97. The van der Waals surface area contributed by atoms with Crippen LogP contribution in [0.2, 0.25) is 0 Å². The predicted molar refractivity (Wildman–Crippen MR) is 56.8 cm³/mol. The second-order valence-electron chi connectivity index (χ2n) is 3.92. The van der Waals surface area contributed by atoms with Crippen molar-refractivity contribution in [1.82, 2.24) is 0 Å². The fourth-order valence-electron chi connectivity index (χ4n) is 0.871. The number of allylic oxidation sites excluding steroid dienone is 3. The van der Waals surface area contributed by atoms with E-state index in [4.69, 9.17) is 0 Å². The normalized spacial score (nSPS) is 14.8. The van der Waals surface area contributed by atoms with E-state index in [1.807, 2.05) is 13.0 Å². The SMILES string of the molecule is C=C/C(=C\C(C)=NC)C(C)(C)C. The van der Waals surface area contributed by atoms with Crippen LogP contribution in [0.15, 0.2) is 29.3 Å². The van der Waals surface area contributed by atoms with Crippen molar-refractivity contribution in [2.75, 3.05) is 7.05 Å². The molecule has 0 unspecified atom stereocenters. The largest absolute Gasteiger partial charge is 0.293 e. The number of hydrogen-bond acceptors (Lipinski definition) is 1. The van der Waals surface area contributed by atoms with E-state index in [1.165, 1.54) is 5.57 Å². The van der Waals surface area contributed by atoms with Gasteiger partial charge in [0.25, 0.3) is 0 Å². The van der Waals surface area contributed by atoms with Crippen molar-refractivity contribution in [3.05, 3.63) is 24.3 Å². The fourth-order valence-corrected chi connectivity index (χ4v) is 0.871. The lowest BCUT2D eigenvalue weighted by Gasteiger charge is -2.19. The molecule has 0 aromatic carbocycles. The molecule has 0 atom stereocenters. The Morgan fingerprint density at radius 2 is 1.83 bits per heavy atom. The Labute approximate surface area is 75.9 Å². The first-order chi connectivity index (χ1) is 5.41. The summed E-state index contributed by atoms with van der Waals surface area (Å²) in [6.45, 7) is 12.3. The van der Waals surface area contributed by atoms with Crippen LogP contribution in [0.3, 0.4) is 0 Å². The van der Waals surface area contributed by atoms with Gasteiger partial charge in [0.15, 0.2) is 0 Å². The lowest BCUT2D eigenvalue weighted by Crippen LogP contribution is -2.08. The minimum absolute atomic E-state index is 0.160. The van der Waals surface area contributed by atoms with Crippen LogP contribution in [0.4, 0.5) is 0 Å². The van der Waals surface area contributed by atoms with Gasteiger partial charge >= 0.3 is 0 Å². The molecule has 0 spiro atoms. The van der Waals surface area contributed by atoms with E-state index in [2.05, 4.69) is 38.4 Å². The minimum atomic E-state index is 0.160. The highest BCUT2D eigenvalue weighted by Crippen LogP contribution is 2.25. The lowest BCUT2D eigenvalue weighted by molar-refractivity contribution is 0.518. The summed E-state index contributed by atoms with van der Waals surface area (Å²) in [5.74, 6) is 0. The van der Waals surface area contributed by atoms with Gasteiger partial charge in [-0.25, -0.2) is 0 Å². The molecule has 12 heavy (non-hydrogen) atoms. The monoisotopic (exact) mass is 165 g/mol. The van der Waals surface area contributed by atoms with Crippen LogP contribution in [-0.2, 0) is 0 Å². The second-order valence-corrected chi connectivity index (χ2v) is 3.92. The van der Waals surface area contributed by atoms with E-state index in [0.717, 1.165) is 5.71 Å². The van der Waals surface area contributed by atoms with Gasteiger partial charge in [-0.05, 0) is 24.0 Å². The molecule has 0 radical (unpaired) electrons. The Morgan fingerprint density at radius 1 is 1.33 bits per heavy atom. The summed E-state index contributed by atoms with van der Waals surface area (Å²) in [7, 11) is 1.80. The maximum atomic E-state index is 4.08. The van der Waals surface area contributed by atoms with Crippen molar-refractivity contribution in [1.29, 1.82) is 0 Å². The lowest BCUT2D eigenvalue weighted by atomic mass is 9.86. The topological polar surface area (TPSA) is 12.4 Å². The van der Waals surface area contributed by atoms with E-state index < -0.39 is 0 Å². The van der Waals surface area contributed by atoms with Gasteiger partial charge in [-0.15, -0.1) is 0 Å². The van der Waals surface area contributed by atoms with Crippen molar-refractivity contribution in [2.45, 2.75) is 27.7 Å². The fraction of sp³-hybridized carbons (Fsp3) is 0.545. The van der Waals surface area contributed by atoms with Crippen LogP contribution in [0.1, 0.15) is 27.7 Å². The molecule has 0 amide bonds. The van der Waals surface area contributed by atoms with E-state index in [0.29, 0.717) is 0 Å². The van der Waals surface area contributed by atoms with Crippen molar-refractivity contribution in [2.24, 2.45) is 10.4 Å². The van der Waals surface area contributed by atoms with Crippen LogP contribution in [0.5, 0.6) is 0 Å². The van der Waals surface area contributed by atoms with Crippen LogP contribution in [0, 0.1) is 5.41 Å². The third-order valence-electron chi connectivity index (χ3n) is 1.80. The molecule has 0 bridgehead atoms. The van der Waals surface area contributed by atoms with Crippen molar-refractivity contribution < 1.29 is 0 Å². The molecular formula is C11H19N. The Morgan fingerprint density at radius 3 is 2.08 bits per heavy atom. The van der Waals surface area contributed by atoms with E-state index in [9.17, 15) is 0 Å². The zero-order valence-electron chi connectivity index (χ0n) is 8.81. The van der Waals surface area contributed by atoms with Crippen molar-refractivity contribution in [3.63, 3.8) is 0 Å². The van der Waals surface area contributed by atoms with E-state index >= 15 is 0 Å². The summed E-state index contributed by atoms with van der Waals surface area (Å²) >= 11 is 0. The summed E-state index contributed by atoms with van der Waals surface area (Å²) in [5, 5.41) is 0. The third-order valence-corrected chi connectivity index (χ3v) is 1.80. The van der Waals surface area contributed by atoms with E-state index in [1.54, 1.807) is 7.05 Å². The second kappa shape index (κ2) is 4.24. The molecule has 0 fully saturated rings. The van der Waals surface area contributed by atoms with Crippen molar-refractivity contribution in [3.8, 4) is 0 Å². The molecule has 0 aromatic heterocycles. The van der Waals surface area contributed by atoms with Crippen LogP contribution in [0.25, 0.3) is 0 Å². The Kier molecular flexibility index (Phi) is 3.94. The van der Waals surface area contributed by atoms with Gasteiger partial charge in [0.2, 0.25) is 0 Å². The number of rotatable bonds is 2. The highest BCUT2D eigenvalue weighted by Gasteiger charge is 2.13. The van der Waals surface area contributed by atoms with E-state index in [-0.39, 0.29) is 5.41 Å².